The summed E-state index contributed by atoms with van der Waals surface area (Å²) in [7, 11) is 0. The molecule has 128 valence electrons. The SMILES string of the molecule is Cc1ccccc1OCC(=O)Nc1n[nH]c(C)c1-c1ccc(Br)cc1. The maximum atomic E-state index is 12.2. The highest BCUT2D eigenvalue weighted by Gasteiger charge is 2.15. The number of para-hydroxylation sites is 1. The summed E-state index contributed by atoms with van der Waals surface area (Å²) in [6, 6.07) is 15.4. The number of halogens is 1. The van der Waals surface area contributed by atoms with Gasteiger partial charge in [-0.15, -0.1) is 0 Å². The van der Waals surface area contributed by atoms with Crippen LogP contribution in [-0.2, 0) is 4.79 Å². The topological polar surface area (TPSA) is 67.0 Å². The minimum atomic E-state index is -0.256. The average molecular weight is 400 g/mol. The smallest absolute Gasteiger partial charge is 0.263 e. The normalized spacial score (nSPS) is 10.5. The van der Waals surface area contributed by atoms with Gasteiger partial charge in [-0.3, -0.25) is 9.89 Å². The highest BCUT2D eigenvalue weighted by atomic mass is 79.9. The summed E-state index contributed by atoms with van der Waals surface area (Å²) in [5.74, 6) is 0.940. The Kier molecular flexibility index (Phi) is 5.19. The monoisotopic (exact) mass is 399 g/mol. The van der Waals surface area contributed by atoms with Crippen molar-refractivity contribution < 1.29 is 9.53 Å². The molecule has 0 aliphatic heterocycles. The lowest BCUT2D eigenvalue weighted by Crippen LogP contribution is -2.21. The Morgan fingerprint density at radius 1 is 1.16 bits per heavy atom. The summed E-state index contributed by atoms with van der Waals surface area (Å²) in [5.41, 5.74) is 3.72. The number of aromatic amines is 1. The lowest BCUT2D eigenvalue weighted by atomic mass is 10.1. The van der Waals surface area contributed by atoms with Crippen molar-refractivity contribution in [2.75, 3.05) is 11.9 Å². The van der Waals surface area contributed by atoms with Crippen LogP contribution in [0.25, 0.3) is 11.1 Å². The van der Waals surface area contributed by atoms with E-state index in [1.165, 1.54) is 0 Å². The predicted octanol–water partition coefficient (Wildman–Crippen LogP) is 4.47. The zero-order valence-electron chi connectivity index (χ0n) is 14.0. The molecule has 3 aromatic rings. The first kappa shape index (κ1) is 17.2. The number of aryl methyl sites for hydroxylation is 2. The van der Waals surface area contributed by atoms with E-state index in [0.29, 0.717) is 11.6 Å². The summed E-state index contributed by atoms with van der Waals surface area (Å²) in [5, 5.41) is 9.94. The second-order valence-electron chi connectivity index (χ2n) is 5.68. The highest BCUT2D eigenvalue weighted by molar-refractivity contribution is 9.10. The van der Waals surface area contributed by atoms with E-state index in [-0.39, 0.29) is 12.5 Å². The van der Waals surface area contributed by atoms with Crippen LogP contribution in [-0.4, -0.2) is 22.7 Å². The molecular formula is C19H18BrN3O2. The number of amides is 1. The number of nitrogens with one attached hydrogen (secondary N) is 2. The van der Waals surface area contributed by atoms with E-state index < -0.39 is 0 Å². The van der Waals surface area contributed by atoms with Crippen LogP contribution in [0.15, 0.2) is 53.0 Å². The summed E-state index contributed by atoms with van der Waals surface area (Å²) < 4.78 is 6.58. The van der Waals surface area contributed by atoms with E-state index >= 15 is 0 Å². The van der Waals surface area contributed by atoms with Crippen LogP contribution in [0, 0.1) is 13.8 Å². The molecule has 0 unspecified atom stereocenters. The van der Waals surface area contributed by atoms with Crippen LogP contribution >= 0.6 is 15.9 Å². The van der Waals surface area contributed by atoms with Gasteiger partial charge in [-0.2, -0.15) is 5.10 Å². The highest BCUT2D eigenvalue weighted by Crippen LogP contribution is 2.30. The molecule has 6 heteroatoms. The molecule has 0 radical (unpaired) electrons. The van der Waals surface area contributed by atoms with E-state index in [1.54, 1.807) is 0 Å². The van der Waals surface area contributed by atoms with Gasteiger partial charge >= 0.3 is 0 Å². The van der Waals surface area contributed by atoms with E-state index in [2.05, 4.69) is 31.4 Å². The lowest BCUT2D eigenvalue weighted by Gasteiger charge is -2.09. The number of carbonyl (C=O) groups excluding carboxylic acids is 1. The number of aromatic nitrogens is 2. The Labute approximate surface area is 154 Å². The first-order valence-corrected chi connectivity index (χ1v) is 8.63. The molecule has 2 aromatic carbocycles. The number of hydrogen-bond acceptors (Lipinski definition) is 3. The third-order valence-corrected chi connectivity index (χ3v) is 4.32. The predicted molar refractivity (Wildman–Crippen MR) is 102 cm³/mol. The van der Waals surface area contributed by atoms with E-state index in [9.17, 15) is 4.79 Å². The first-order valence-electron chi connectivity index (χ1n) is 7.84. The Morgan fingerprint density at radius 2 is 1.88 bits per heavy atom. The van der Waals surface area contributed by atoms with Crippen molar-refractivity contribution in [2.45, 2.75) is 13.8 Å². The number of benzene rings is 2. The van der Waals surface area contributed by atoms with Crippen LogP contribution < -0.4 is 10.1 Å². The van der Waals surface area contributed by atoms with Gasteiger partial charge in [-0.05, 0) is 43.2 Å². The second-order valence-corrected chi connectivity index (χ2v) is 6.60. The van der Waals surface area contributed by atoms with Crippen molar-refractivity contribution in [3.8, 4) is 16.9 Å². The molecule has 1 amide bonds. The van der Waals surface area contributed by atoms with Gasteiger partial charge in [0.25, 0.3) is 5.91 Å². The fourth-order valence-corrected chi connectivity index (χ4v) is 2.78. The molecule has 1 heterocycles. The third kappa shape index (κ3) is 4.09. The zero-order valence-corrected chi connectivity index (χ0v) is 15.6. The van der Waals surface area contributed by atoms with Gasteiger partial charge in [-0.25, -0.2) is 0 Å². The van der Waals surface area contributed by atoms with Crippen LogP contribution in [0.1, 0.15) is 11.3 Å². The minimum absolute atomic E-state index is 0.0729. The van der Waals surface area contributed by atoms with Gasteiger partial charge in [0.05, 0.1) is 0 Å². The fraction of sp³-hybridized carbons (Fsp3) is 0.158. The molecule has 5 nitrogen and oxygen atoms in total. The Bertz CT molecular complexity index is 888. The number of nitrogens with zero attached hydrogens (tertiary/aromatic N) is 1. The summed E-state index contributed by atoms with van der Waals surface area (Å²) in [6.07, 6.45) is 0. The van der Waals surface area contributed by atoms with Crippen molar-refractivity contribution in [1.82, 2.24) is 10.2 Å². The van der Waals surface area contributed by atoms with Gasteiger partial charge in [-0.1, -0.05) is 46.3 Å². The van der Waals surface area contributed by atoms with Crippen molar-refractivity contribution in [3.05, 3.63) is 64.3 Å². The molecule has 25 heavy (non-hydrogen) atoms. The standard InChI is InChI=1S/C19H18BrN3O2/c1-12-5-3-4-6-16(12)25-11-17(24)21-19-18(13(2)22-23-19)14-7-9-15(20)10-8-14/h3-10H,11H2,1-2H3,(H2,21,22,23,24). The van der Waals surface area contributed by atoms with Crippen molar-refractivity contribution in [2.24, 2.45) is 0 Å². The molecule has 0 aliphatic carbocycles. The Balaban J connectivity index is 1.72. The molecule has 2 N–H and O–H groups in total. The zero-order chi connectivity index (χ0) is 17.8. The van der Waals surface area contributed by atoms with Gasteiger partial charge in [0, 0.05) is 15.7 Å². The van der Waals surface area contributed by atoms with Crippen LogP contribution in [0.5, 0.6) is 5.75 Å². The number of carbonyl (C=O) groups is 1. The third-order valence-electron chi connectivity index (χ3n) is 3.79. The van der Waals surface area contributed by atoms with E-state index in [0.717, 1.165) is 26.9 Å². The van der Waals surface area contributed by atoms with Crippen LogP contribution in [0.2, 0.25) is 0 Å². The van der Waals surface area contributed by atoms with Crippen LogP contribution in [0.3, 0.4) is 0 Å². The van der Waals surface area contributed by atoms with Gasteiger partial charge in [0.1, 0.15) is 5.75 Å². The molecule has 0 bridgehead atoms. The maximum Gasteiger partial charge on any atom is 0.263 e. The quantitative estimate of drug-likeness (QED) is 0.664. The number of anilines is 1. The summed E-state index contributed by atoms with van der Waals surface area (Å²) in [6.45, 7) is 3.79. The molecule has 0 spiro atoms. The van der Waals surface area contributed by atoms with Crippen molar-refractivity contribution in [3.63, 3.8) is 0 Å². The largest absolute Gasteiger partial charge is 0.483 e. The maximum absolute atomic E-state index is 12.2. The molecule has 0 saturated carbocycles. The number of H-pyrrole nitrogens is 1. The van der Waals surface area contributed by atoms with Crippen molar-refractivity contribution in [1.29, 1.82) is 0 Å². The fourth-order valence-electron chi connectivity index (χ4n) is 2.52. The van der Waals surface area contributed by atoms with Gasteiger partial charge < -0.3 is 10.1 Å². The molecular weight excluding hydrogens is 382 g/mol. The number of rotatable bonds is 5. The molecule has 0 aliphatic rings. The van der Waals surface area contributed by atoms with Gasteiger partial charge in [0.15, 0.2) is 12.4 Å². The molecule has 0 atom stereocenters. The van der Waals surface area contributed by atoms with E-state index in [4.69, 9.17) is 4.74 Å². The Hall–Kier alpha value is -2.60. The molecule has 0 fully saturated rings. The minimum Gasteiger partial charge on any atom is -0.483 e. The first-order chi connectivity index (χ1) is 12.0. The van der Waals surface area contributed by atoms with Crippen molar-refractivity contribution >= 4 is 27.7 Å². The lowest BCUT2D eigenvalue weighted by molar-refractivity contribution is -0.118. The van der Waals surface area contributed by atoms with E-state index in [1.807, 2.05) is 62.4 Å². The second kappa shape index (κ2) is 7.53. The van der Waals surface area contributed by atoms with Gasteiger partial charge in [0.2, 0.25) is 0 Å². The summed E-state index contributed by atoms with van der Waals surface area (Å²) >= 11 is 3.42. The Morgan fingerprint density at radius 3 is 2.60 bits per heavy atom. The molecule has 1 aromatic heterocycles. The number of ether oxygens (including phenoxy) is 1. The number of hydrogen-bond donors (Lipinski definition) is 2. The van der Waals surface area contributed by atoms with Crippen LogP contribution in [0.4, 0.5) is 5.82 Å². The average Bonchev–Trinajstić information content (AvgIpc) is 2.95. The summed E-state index contributed by atoms with van der Waals surface area (Å²) in [4.78, 5) is 12.2. The molecule has 3 rings (SSSR count). The molecule has 0 saturated heterocycles.